The molecule has 140 valence electrons. The van der Waals surface area contributed by atoms with Crippen LogP contribution in [0.15, 0.2) is 42.5 Å². The third kappa shape index (κ3) is 4.09. The number of aliphatic hydroxyl groups excluding tert-OH is 4. The minimum Gasteiger partial charge on any atom is -0.395 e. The fourth-order valence-corrected chi connectivity index (χ4v) is 4.80. The van der Waals surface area contributed by atoms with Gasteiger partial charge in [0.1, 0.15) is 6.10 Å². The Bertz CT molecular complexity index is 750. The van der Waals surface area contributed by atoms with Crippen LogP contribution in [0.1, 0.15) is 27.5 Å². The van der Waals surface area contributed by atoms with Gasteiger partial charge in [-0.15, -0.1) is 11.8 Å². The maximum atomic E-state index is 10.4. The van der Waals surface area contributed by atoms with E-state index in [-0.39, 0.29) is 6.61 Å². The van der Waals surface area contributed by atoms with Crippen LogP contribution in [0.5, 0.6) is 0 Å². The van der Waals surface area contributed by atoms with E-state index in [4.69, 9.17) is 11.6 Å². The smallest absolute Gasteiger partial charge is 0.108 e. The first-order valence-corrected chi connectivity index (χ1v) is 9.87. The maximum Gasteiger partial charge on any atom is 0.108 e. The number of hydrogen-bond acceptors (Lipinski definition) is 5. The zero-order chi connectivity index (χ0) is 18.8. The van der Waals surface area contributed by atoms with Crippen LogP contribution in [-0.2, 0) is 6.42 Å². The van der Waals surface area contributed by atoms with E-state index in [1.54, 1.807) is 6.07 Å². The van der Waals surface area contributed by atoms with Crippen LogP contribution in [-0.4, -0.2) is 50.6 Å². The van der Waals surface area contributed by atoms with Gasteiger partial charge >= 0.3 is 0 Å². The Kier molecular flexibility index (Phi) is 6.28. The number of halogens is 1. The molecule has 0 bridgehead atoms. The van der Waals surface area contributed by atoms with Crippen molar-refractivity contribution in [2.75, 3.05) is 6.61 Å². The highest BCUT2D eigenvalue weighted by molar-refractivity contribution is 8.00. The molecule has 0 radical (unpaired) electrons. The number of aliphatic hydroxyl groups is 4. The van der Waals surface area contributed by atoms with Gasteiger partial charge in [0.2, 0.25) is 0 Å². The standard InChI is InChI=1S/C20H23ClO4S/c1-11-2-4-12(5-3-11)8-14-9-13(6-7-15(14)21)20-19(25)18(24)17(23)16(10-22)26-20/h2-7,9,16-20,22-25H,8,10H2,1H3/t16-,17-,18+,19-,20+/m1/s1. The van der Waals surface area contributed by atoms with E-state index in [2.05, 4.69) is 24.3 Å². The number of aryl methyl sites for hydroxylation is 1. The summed E-state index contributed by atoms with van der Waals surface area (Å²) in [5.74, 6) is 0. The summed E-state index contributed by atoms with van der Waals surface area (Å²) in [6.45, 7) is 1.77. The zero-order valence-corrected chi connectivity index (χ0v) is 16.0. The summed E-state index contributed by atoms with van der Waals surface area (Å²) in [5, 5.41) is 39.6. The van der Waals surface area contributed by atoms with Gasteiger partial charge in [-0.05, 0) is 36.1 Å². The molecule has 1 aliphatic rings. The average Bonchev–Trinajstić information content (AvgIpc) is 2.64. The van der Waals surface area contributed by atoms with Crippen molar-refractivity contribution in [1.82, 2.24) is 0 Å². The number of benzene rings is 2. The average molecular weight is 395 g/mol. The Morgan fingerprint density at radius 2 is 1.65 bits per heavy atom. The van der Waals surface area contributed by atoms with Crippen LogP contribution in [0.4, 0.5) is 0 Å². The van der Waals surface area contributed by atoms with Crippen molar-refractivity contribution < 1.29 is 20.4 Å². The SMILES string of the molecule is Cc1ccc(Cc2cc([C@@H]3S[C@H](CO)[C@@H](O)[C@H](O)[C@H]3O)ccc2Cl)cc1. The molecule has 1 aliphatic heterocycles. The maximum absolute atomic E-state index is 10.4. The second kappa shape index (κ2) is 8.30. The van der Waals surface area contributed by atoms with Crippen molar-refractivity contribution in [3.05, 3.63) is 69.7 Å². The topological polar surface area (TPSA) is 80.9 Å². The van der Waals surface area contributed by atoms with E-state index >= 15 is 0 Å². The third-order valence-electron chi connectivity index (χ3n) is 4.81. The predicted octanol–water partition coefficient (Wildman–Crippen LogP) is 2.47. The summed E-state index contributed by atoms with van der Waals surface area (Å²) < 4.78 is 0. The first-order valence-electron chi connectivity index (χ1n) is 8.55. The minimum absolute atomic E-state index is 0.268. The Morgan fingerprint density at radius 3 is 2.31 bits per heavy atom. The molecule has 1 fully saturated rings. The molecular weight excluding hydrogens is 372 g/mol. The summed E-state index contributed by atoms with van der Waals surface area (Å²) >= 11 is 7.64. The van der Waals surface area contributed by atoms with Gasteiger partial charge in [-0.1, -0.05) is 53.6 Å². The molecule has 6 heteroatoms. The molecule has 0 saturated carbocycles. The van der Waals surface area contributed by atoms with Crippen molar-refractivity contribution in [2.24, 2.45) is 0 Å². The molecule has 26 heavy (non-hydrogen) atoms. The Balaban J connectivity index is 1.87. The molecule has 0 aromatic heterocycles. The van der Waals surface area contributed by atoms with Crippen LogP contribution in [0.3, 0.4) is 0 Å². The van der Waals surface area contributed by atoms with Gasteiger partial charge < -0.3 is 20.4 Å². The lowest BCUT2D eigenvalue weighted by Crippen LogP contribution is -2.51. The van der Waals surface area contributed by atoms with E-state index in [1.807, 2.05) is 19.1 Å². The second-order valence-corrected chi connectivity index (χ2v) is 8.56. The molecule has 5 atom stereocenters. The molecule has 2 aromatic carbocycles. The van der Waals surface area contributed by atoms with Crippen molar-refractivity contribution in [2.45, 2.75) is 42.2 Å². The van der Waals surface area contributed by atoms with Crippen LogP contribution in [0.25, 0.3) is 0 Å². The van der Waals surface area contributed by atoms with Crippen LogP contribution in [0, 0.1) is 6.92 Å². The van der Waals surface area contributed by atoms with Gasteiger partial charge in [0, 0.05) is 5.02 Å². The fourth-order valence-electron chi connectivity index (χ4n) is 3.21. The number of thioether (sulfide) groups is 1. The summed E-state index contributed by atoms with van der Waals surface area (Å²) in [6.07, 6.45) is -2.91. The van der Waals surface area contributed by atoms with Crippen molar-refractivity contribution >= 4 is 23.4 Å². The first-order chi connectivity index (χ1) is 12.4. The molecule has 4 N–H and O–H groups in total. The van der Waals surface area contributed by atoms with Crippen molar-refractivity contribution in [3.63, 3.8) is 0 Å². The second-order valence-electron chi connectivity index (χ2n) is 6.76. The molecule has 3 rings (SSSR count). The summed E-state index contributed by atoms with van der Waals surface area (Å²) in [7, 11) is 0. The Labute approximate surface area is 162 Å². The van der Waals surface area contributed by atoms with Crippen LogP contribution >= 0.6 is 23.4 Å². The van der Waals surface area contributed by atoms with E-state index in [9.17, 15) is 20.4 Å². The summed E-state index contributed by atoms with van der Waals surface area (Å²) in [6, 6.07) is 13.8. The molecule has 0 unspecified atom stereocenters. The van der Waals surface area contributed by atoms with Gasteiger partial charge in [-0.2, -0.15) is 0 Å². The number of rotatable bonds is 4. The molecular formula is C20H23ClO4S. The number of hydrogen-bond donors (Lipinski definition) is 4. The van der Waals surface area contributed by atoms with Gasteiger partial charge in [0.15, 0.2) is 0 Å². The summed E-state index contributed by atoms with van der Waals surface area (Å²) in [4.78, 5) is 0. The van der Waals surface area contributed by atoms with Gasteiger partial charge in [-0.25, -0.2) is 0 Å². The molecule has 0 spiro atoms. The molecule has 1 heterocycles. The van der Waals surface area contributed by atoms with Crippen LogP contribution < -0.4 is 0 Å². The normalized spacial score (nSPS) is 28.9. The van der Waals surface area contributed by atoms with E-state index < -0.39 is 28.8 Å². The monoisotopic (exact) mass is 394 g/mol. The molecule has 0 aliphatic carbocycles. The Hall–Kier alpha value is -1.08. The van der Waals surface area contributed by atoms with Crippen LogP contribution in [0.2, 0.25) is 5.02 Å². The largest absolute Gasteiger partial charge is 0.395 e. The quantitative estimate of drug-likeness (QED) is 0.640. The van der Waals surface area contributed by atoms with E-state index in [0.29, 0.717) is 11.4 Å². The molecule has 2 aromatic rings. The highest BCUT2D eigenvalue weighted by Crippen LogP contribution is 2.43. The fraction of sp³-hybridized carbons (Fsp3) is 0.400. The summed E-state index contributed by atoms with van der Waals surface area (Å²) in [5.41, 5.74) is 4.08. The van der Waals surface area contributed by atoms with Crippen molar-refractivity contribution in [3.8, 4) is 0 Å². The first kappa shape index (κ1) is 19.7. The zero-order valence-electron chi connectivity index (χ0n) is 14.4. The molecule has 4 nitrogen and oxygen atoms in total. The molecule has 0 amide bonds. The van der Waals surface area contributed by atoms with Gasteiger partial charge in [0.25, 0.3) is 0 Å². The lowest BCUT2D eigenvalue weighted by atomic mass is 9.95. The lowest BCUT2D eigenvalue weighted by molar-refractivity contribution is -0.0700. The van der Waals surface area contributed by atoms with Gasteiger partial charge in [0.05, 0.1) is 29.3 Å². The van der Waals surface area contributed by atoms with Gasteiger partial charge in [-0.3, -0.25) is 0 Å². The minimum atomic E-state index is -1.30. The predicted molar refractivity (Wildman–Crippen MR) is 105 cm³/mol. The lowest BCUT2D eigenvalue weighted by Gasteiger charge is -2.39. The molecule has 1 saturated heterocycles. The highest BCUT2D eigenvalue weighted by atomic mass is 35.5. The third-order valence-corrected chi connectivity index (χ3v) is 6.80. The highest BCUT2D eigenvalue weighted by Gasteiger charge is 2.43. The van der Waals surface area contributed by atoms with Crippen molar-refractivity contribution in [1.29, 1.82) is 0 Å². The van der Waals surface area contributed by atoms with E-state index in [1.165, 1.54) is 17.3 Å². The van der Waals surface area contributed by atoms with E-state index in [0.717, 1.165) is 16.7 Å². The Morgan fingerprint density at radius 1 is 0.962 bits per heavy atom.